The fraction of sp³-hybridized carbons (Fsp3) is 0.647. The van der Waals surface area contributed by atoms with Gasteiger partial charge in [-0.3, -0.25) is 0 Å². The number of benzene rings is 1. The Labute approximate surface area is 134 Å². The Morgan fingerprint density at radius 3 is 2.48 bits per heavy atom. The molecule has 1 unspecified atom stereocenters. The minimum atomic E-state index is -0.446. The highest BCUT2D eigenvalue weighted by molar-refractivity contribution is 9.10. The highest BCUT2D eigenvalue weighted by Crippen LogP contribution is 2.38. The van der Waals surface area contributed by atoms with Crippen LogP contribution in [0.15, 0.2) is 16.6 Å². The van der Waals surface area contributed by atoms with Gasteiger partial charge in [-0.1, -0.05) is 39.0 Å². The number of nitrogens with two attached hydrogens (primary N) is 1. The number of hydrogen-bond donors (Lipinski definition) is 1. The Hall–Kier alpha value is -0.480. The topological polar surface area (TPSA) is 26.0 Å². The molecule has 1 fully saturated rings. The molecule has 0 aromatic heterocycles. The van der Waals surface area contributed by atoms with Gasteiger partial charge in [-0.25, -0.2) is 8.78 Å². The molecule has 2 rings (SSSR count). The lowest BCUT2D eigenvalue weighted by Gasteiger charge is -2.32. The molecule has 4 heteroatoms. The molecule has 0 bridgehead atoms. The standard InChI is InChI=1S/C17H24BrF2N/c1-2-3-4-11-5-7-12(8-6-11)17(21)13-9-16(20)14(18)10-15(13)19/h9-12,17H,2-8,21H2,1H3. The maximum absolute atomic E-state index is 14.0. The zero-order valence-electron chi connectivity index (χ0n) is 12.5. The van der Waals surface area contributed by atoms with Gasteiger partial charge in [-0.15, -0.1) is 0 Å². The van der Waals surface area contributed by atoms with Crippen molar-refractivity contribution in [2.24, 2.45) is 17.6 Å². The highest BCUT2D eigenvalue weighted by atomic mass is 79.9. The first kappa shape index (κ1) is 16.9. The summed E-state index contributed by atoms with van der Waals surface area (Å²) in [5.74, 6) is 0.195. The highest BCUT2D eigenvalue weighted by Gasteiger charge is 2.28. The maximum Gasteiger partial charge on any atom is 0.137 e. The molecule has 1 aliphatic rings. The van der Waals surface area contributed by atoms with Crippen molar-refractivity contribution in [1.82, 2.24) is 0 Å². The summed E-state index contributed by atoms with van der Waals surface area (Å²) in [6.45, 7) is 2.21. The fourth-order valence-corrected chi connectivity index (χ4v) is 3.69. The first-order valence-corrected chi connectivity index (χ1v) is 8.72. The van der Waals surface area contributed by atoms with E-state index in [1.165, 1.54) is 44.2 Å². The van der Waals surface area contributed by atoms with E-state index < -0.39 is 17.7 Å². The molecule has 118 valence electrons. The number of halogens is 3. The predicted molar refractivity (Wildman–Crippen MR) is 86.0 cm³/mol. The van der Waals surface area contributed by atoms with E-state index in [0.29, 0.717) is 5.56 Å². The summed E-state index contributed by atoms with van der Waals surface area (Å²) >= 11 is 3.00. The second kappa shape index (κ2) is 7.68. The lowest BCUT2D eigenvalue weighted by Crippen LogP contribution is -2.27. The van der Waals surface area contributed by atoms with Gasteiger partial charge in [0, 0.05) is 11.6 Å². The van der Waals surface area contributed by atoms with Gasteiger partial charge < -0.3 is 5.73 Å². The van der Waals surface area contributed by atoms with Gasteiger partial charge >= 0.3 is 0 Å². The molecule has 1 atom stereocenters. The normalized spacial score (nSPS) is 24.0. The third kappa shape index (κ3) is 4.26. The van der Waals surface area contributed by atoms with Crippen LogP contribution < -0.4 is 5.73 Å². The van der Waals surface area contributed by atoms with E-state index in [2.05, 4.69) is 22.9 Å². The van der Waals surface area contributed by atoms with Crippen molar-refractivity contribution in [1.29, 1.82) is 0 Å². The largest absolute Gasteiger partial charge is 0.324 e. The van der Waals surface area contributed by atoms with E-state index in [1.54, 1.807) is 0 Å². The van der Waals surface area contributed by atoms with Crippen LogP contribution in [-0.4, -0.2) is 0 Å². The van der Waals surface area contributed by atoms with Crippen LogP contribution >= 0.6 is 15.9 Å². The molecule has 0 spiro atoms. The van der Waals surface area contributed by atoms with Crippen molar-refractivity contribution in [2.45, 2.75) is 57.9 Å². The summed E-state index contributed by atoms with van der Waals surface area (Å²) in [6.07, 6.45) is 8.19. The molecule has 0 radical (unpaired) electrons. The maximum atomic E-state index is 14.0. The van der Waals surface area contributed by atoms with Gasteiger partial charge in [0.1, 0.15) is 11.6 Å². The van der Waals surface area contributed by atoms with E-state index in [-0.39, 0.29) is 10.4 Å². The van der Waals surface area contributed by atoms with E-state index in [9.17, 15) is 8.78 Å². The second-order valence-electron chi connectivity index (χ2n) is 6.24. The number of rotatable bonds is 5. The van der Waals surface area contributed by atoms with Gasteiger partial charge in [-0.05, 0) is 52.7 Å². The SMILES string of the molecule is CCCCC1CCC(C(N)c2cc(F)c(Br)cc2F)CC1. The molecule has 1 saturated carbocycles. The van der Waals surface area contributed by atoms with Crippen LogP contribution in [-0.2, 0) is 0 Å². The summed E-state index contributed by atoms with van der Waals surface area (Å²) in [5, 5.41) is 0. The summed E-state index contributed by atoms with van der Waals surface area (Å²) < 4.78 is 27.8. The molecule has 1 aromatic rings. The van der Waals surface area contributed by atoms with Crippen molar-refractivity contribution < 1.29 is 8.78 Å². The van der Waals surface area contributed by atoms with Gasteiger partial charge in [-0.2, -0.15) is 0 Å². The van der Waals surface area contributed by atoms with Crippen LogP contribution in [0.5, 0.6) is 0 Å². The van der Waals surface area contributed by atoms with E-state index in [4.69, 9.17) is 5.73 Å². The smallest absolute Gasteiger partial charge is 0.137 e. The second-order valence-corrected chi connectivity index (χ2v) is 7.09. The molecule has 1 aliphatic carbocycles. The molecule has 1 aromatic carbocycles. The van der Waals surface area contributed by atoms with Crippen LogP contribution in [0.25, 0.3) is 0 Å². The molecule has 0 amide bonds. The molecular formula is C17H24BrF2N. The summed E-state index contributed by atoms with van der Waals surface area (Å²) in [6, 6.07) is 2.02. The van der Waals surface area contributed by atoms with Gasteiger partial charge in [0.2, 0.25) is 0 Å². The van der Waals surface area contributed by atoms with Crippen LogP contribution in [0, 0.1) is 23.5 Å². The van der Waals surface area contributed by atoms with Crippen LogP contribution in [0.4, 0.5) is 8.78 Å². The van der Waals surface area contributed by atoms with E-state index in [0.717, 1.165) is 18.8 Å². The fourth-order valence-electron chi connectivity index (χ4n) is 3.38. The molecule has 0 heterocycles. The van der Waals surface area contributed by atoms with Crippen molar-refractivity contribution in [3.63, 3.8) is 0 Å². The van der Waals surface area contributed by atoms with Crippen LogP contribution in [0.3, 0.4) is 0 Å². The lowest BCUT2D eigenvalue weighted by atomic mass is 9.75. The Kier molecular flexibility index (Phi) is 6.18. The van der Waals surface area contributed by atoms with E-state index >= 15 is 0 Å². The Bertz CT molecular complexity index is 470. The lowest BCUT2D eigenvalue weighted by molar-refractivity contribution is 0.230. The minimum absolute atomic E-state index is 0.152. The first-order chi connectivity index (χ1) is 10.0. The van der Waals surface area contributed by atoms with Crippen molar-refractivity contribution in [3.8, 4) is 0 Å². The predicted octanol–water partition coefficient (Wildman–Crippen LogP) is 5.72. The number of unbranched alkanes of at least 4 members (excludes halogenated alkanes) is 1. The zero-order chi connectivity index (χ0) is 15.4. The van der Waals surface area contributed by atoms with Gasteiger partial charge in [0.05, 0.1) is 4.47 Å². The molecular weight excluding hydrogens is 336 g/mol. The van der Waals surface area contributed by atoms with Crippen molar-refractivity contribution in [3.05, 3.63) is 33.8 Å². The van der Waals surface area contributed by atoms with Crippen LogP contribution in [0.2, 0.25) is 0 Å². The molecule has 1 nitrogen and oxygen atoms in total. The van der Waals surface area contributed by atoms with Gasteiger partial charge in [0.15, 0.2) is 0 Å². The zero-order valence-corrected chi connectivity index (χ0v) is 14.1. The Morgan fingerprint density at radius 1 is 1.19 bits per heavy atom. The van der Waals surface area contributed by atoms with Crippen molar-refractivity contribution in [2.75, 3.05) is 0 Å². The Balaban J connectivity index is 1.99. The minimum Gasteiger partial charge on any atom is -0.324 e. The quantitative estimate of drug-likeness (QED) is 0.668. The molecule has 2 N–H and O–H groups in total. The molecule has 0 aliphatic heterocycles. The average molecular weight is 360 g/mol. The first-order valence-electron chi connectivity index (χ1n) is 7.93. The number of hydrogen-bond acceptors (Lipinski definition) is 1. The van der Waals surface area contributed by atoms with Gasteiger partial charge in [0.25, 0.3) is 0 Å². The summed E-state index contributed by atoms with van der Waals surface area (Å²) in [7, 11) is 0. The monoisotopic (exact) mass is 359 g/mol. The Morgan fingerprint density at radius 2 is 1.86 bits per heavy atom. The van der Waals surface area contributed by atoms with E-state index in [1.807, 2.05) is 0 Å². The summed E-state index contributed by atoms with van der Waals surface area (Å²) in [5.41, 5.74) is 6.53. The summed E-state index contributed by atoms with van der Waals surface area (Å²) in [4.78, 5) is 0. The van der Waals surface area contributed by atoms with Crippen molar-refractivity contribution >= 4 is 15.9 Å². The molecule has 0 saturated heterocycles. The molecule has 21 heavy (non-hydrogen) atoms. The third-order valence-corrected chi connectivity index (χ3v) is 5.37. The average Bonchev–Trinajstić information content (AvgIpc) is 2.48. The van der Waals surface area contributed by atoms with Crippen LogP contribution in [0.1, 0.15) is 63.5 Å². The third-order valence-electron chi connectivity index (χ3n) is 4.76.